The second kappa shape index (κ2) is 10.3. The smallest absolute Gasteiger partial charge is 0.247 e. The number of nitrogens with one attached hydrogen (secondary N) is 2. The number of rotatable bonds is 6. The van der Waals surface area contributed by atoms with E-state index in [2.05, 4.69) is 40.3 Å². The summed E-state index contributed by atoms with van der Waals surface area (Å²) in [5.74, 6) is 0.744. The Balaban J connectivity index is 0.00000289. The highest BCUT2D eigenvalue weighted by Crippen LogP contribution is 2.34. The molecule has 0 amide bonds. The number of aromatic amines is 1. The summed E-state index contributed by atoms with van der Waals surface area (Å²) in [6, 6.07) is 9.70. The van der Waals surface area contributed by atoms with E-state index in [1.165, 1.54) is 18.9 Å². The van der Waals surface area contributed by atoms with Crippen molar-refractivity contribution in [3.8, 4) is 11.1 Å². The minimum atomic E-state index is -0.128. The predicted molar refractivity (Wildman–Crippen MR) is 133 cm³/mol. The molecular formula is C25H31ClN4O2. The molecule has 0 atom stereocenters. The lowest BCUT2D eigenvalue weighted by atomic mass is 9.85. The second-order valence-corrected chi connectivity index (χ2v) is 8.90. The number of aromatic nitrogens is 2. The minimum absolute atomic E-state index is 0. The van der Waals surface area contributed by atoms with Gasteiger partial charge in [-0.15, -0.1) is 12.4 Å². The monoisotopic (exact) mass is 454 g/mol. The van der Waals surface area contributed by atoms with Crippen molar-refractivity contribution in [2.75, 3.05) is 26.0 Å². The van der Waals surface area contributed by atoms with E-state index in [1.54, 1.807) is 25.4 Å². The lowest BCUT2D eigenvalue weighted by Crippen LogP contribution is -2.31. The van der Waals surface area contributed by atoms with E-state index in [0.29, 0.717) is 11.6 Å². The molecule has 6 nitrogen and oxygen atoms in total. The Morgan fingerprint density at radius 2 is 1.84 bits per heavy atom. The number of carbonyl (C=O) groups is 1. The molecule has 0 spiro atoms. The van der Waals surface area contributed by atoms with Gasteiger partial charge in [-0.25, -0.2) is 0 Å². The molecule has 0 aliphatic heterocycles. The van der Waals surface area contributed by atoms with Gasteiger partial charge in [-0.3, -0.25) is 14.6 Å². The van der Waals surface area contributed by atoms with E-state index in [0.717, 1.165) is 53.0 Å². The summed E-state index contributed by atoms with van der Waals surface area (Å²) < 4.78 is 0. The van der Waals surface area contributed by atoms with Crippen LogP contribution < -0.4 is 10.9 Å². The van der Waals surface area contributed by atoms with Crippen LogP contribution in [0.25, 0.3) is 22.0 Å². The van der Waals surface area contributed by atoms with E-state index >= 15 is 0 Å². The average Bonchev–Trinajstić information content (AvgIpc) is 2.75. The Morgan fingerprint density at radius 1 is 1.12 bits per heavy atom. The van der Waals surface area contributed by atoms with Gasteiger partial charge >= 0.3 is 0 Å². The number of ketones is 1. The van der Waals surface area contributed by atoms with Crippen LogP contribution in [0.2, 0.25) is 0 Å². The number of Topliss-reactive ketones (excluding diaryl/α,β-unsaturated/α-hetero) is 1. The Hall–Kier alpha value is -2.70. The van der Waals surface area contributed by atoms with Crippen molar-refractivity contribution in [2.45, 2.75) is 38.6 Å². The molecule has 1 fully saturated rings. The number of benzene rings is 1. The molecule has 1 aliphatic rings. The first kappa shape index (κ1) is 24.0. The minimum Gasteiger partial charge on any atom is -0.381 e. The molecule has 0 bridgehead atoms. The third-order valence-electron chi connectivity index (χ3n) is 6.18. The molecule has 4 rings (SSSR count). The molecule has 1 aromatic carbocycles. The second-order valence-electron chi connectivity index (χ2n) is 8.90. The normalized spacial score (nSPS) is 18.4. The number of carbonyl (C=O) groups excluding carboxylic acids is 1. The van der Waals surface area contributed by atoms with Crippen molar-refractivity contribution in [1.29, 1.82) is 0 Å². The van der Waals surface area contributed by atoms with Crippen molar-refractivity contribution in [3.05, 3.63) is 58.6 Å². The van der Waals surface area contributed by atoms with E-state index in [-0.39, 0.29) is 23.7 Å². The summed E-state index contributed by atoms with van der Waals surface area (Å²) in [6.07, 6.45) is 7.97. The number of anilines is 1. The largest absolute Gasteiger partial charge is 0.381 e. The summed E-state index contributed by atoms with van der Waals surface area (Å²) in [6.45, 7) is 2.72. The SMILES string of the molecule is CC(=O)c1cnc2ccc(-c3ccc(=O)[nH]c3)cc2c1NC1CCC(CN(C)C)CC1.Cl. The van der Waals surface area contributed by atoms with Gasteiger partial charge in [-0.2, -0.15) is 0 Å². The molecule has 1 saturated carbocycles. The molecule has 0 unspecified atom stereocenters. The number of H-pyrrole nitrogens is 1. The Kier molecular flexibility index (Phi) is 7.69. The summed E-state index contributed by atoms with van der Waals surface area (Å²) >= 11 is 0. The van der Waals surface area contributed by atoms with Gasteiger partial charge in [-0.1, -0.05) is 6.07 Å². The molecule has 1 aliphatic carbocycles. The zero-order valence-electron chi connectivity index (χ0n) is 18.9. The van der Waals surface area contributed by atoms with Crippen molar-refractivity contribution in [2.24, 2.45) is 5.92 Å². The van der Waals surface area contributed by atoms with E-state index in [9.17, 15) is 9.59 Å². The summed E-state index contributed by atoms with van der Waals surface area (Å²) in [5, 5.41) is 4.64. The van der Waals surface area contributed by atoms with Gasteiger partial charge in [0.15, 0.2) is 5.78 Å². The third-order valence-corrected chi connectivity index (χ3v) is 6.18. The van der Waals surface area contributed by atoms with Gasteiger partial charge in [-0.05, 0) is 81.9 Å². The van der Waals surface area contributed by atoms with Gasteiger partial charge in [0.25, 0.3) is 0 Å². The number of hydrogen-bond acceptors (Lipinski definition) is 5. The lowest BCUT2D eigenvalue weighted by molar-refractivity contribution is 0.101. The number of nitrogens with zero attached hydrogens (tertiary/aromatic N) is 2. The highest BCUT2D eigenvalue weighted by molar-refractivity contribution is 6.07. The molecule has 0 radical (unpaired) electrons. The molecule has 2 heterocycles. The zero-order valence-corrected chi connectivity index (χ0v) is 19.7. The van der Waals surface area contributed by atoms with Crippen molar-refractivity contribution in [3.63, 3.8) is 0 Å². The predicted octanol–water partition coefficient (Wildman–Crippen LogP) is 4.75. The first-order valence-corrected chi connectivity index (χ1v) is 10.9. The topological polar surface area (TPSA) is 78.1 Å². The number of hydrogen-bond donors (Lipinski definition) is 2. The summed E-state index contributed by atoms with van der Waals surface area (Å²) in [7, 11) is 4.26. The molecule has 7 heteroatoms. The van der Waals surface area contributed by atoms with Crippen molar-refractivity contribution < 1.29 is 4.79 Å². The molecule has 170 valence electrons. The zero-order chi connectivity index (χ0) is 22.0. The standard InChI is InChI=1S/C25H30N4O2.ClH/c1-16(30)22-14-26-23-10-6-18(19-7-11-24(31)27-13-19)12-21(23)25(22)28-20-8-4-17(5-9-20)15-29(2)3;/h6-7,10-14,17,20H,4-5,8-9,15H2,1-3H3,(H,26,28)(H,27,31);1H. The molecule has 2 N–H and O–H groups in total. The summed E-state index contributed by atoms with van der Waals surface area (Å²) in [4.78, 5) is 33.3. The quantitative estimate of drug-likeness (QED) is 0.525. The van der Waals surface area contributed by atoms with Crippen LogP contribution in [-0.4, -0.2) is 47.3 Å². The average molecular weight is 455 g/mol. The van der Waals surface area contributed by atoms with Crippen molar-refractivity contribution >= 4 is 34.8 Å². The first-order valence-electron chi connectivity index (χ1n) is 10.9. The van der Waals surface area contributed by atoms with Crippen molar-refractivity contribution in [1.82, 2.24) is 14.9 Å². The Morgan fingerprint density at radius 3 is 2.47 bits per heavy atom. The van der Waals surface area contributed by atoms with Crippen LogP contribution in [0.3, 0.4) is 0 Å². The number of halogens is 1. The number of pyridine rings is 2. The molecule has 2 aromatic heterocycles. The Bertz CT molecular complexity index is 1130. The highest BCUT2D eigenvalue weighted by Gasteiger charge is 2.23. The van der Waals surface area contributed by atoms with Gasteiger partial charge in [0, 0.05) is 36.4 Å². The maximum absolute atomic E-state index is 12.4. The fourth-order valence-electron chi connectivity index (χ4n) is 4.59. The fraction of sp³-hybridized carbons (Fsp3) is 0.400. The van der Waals surface area contributed by atoms with Crippen LogP contribution in [0.1, 0.15) is 43.0 Å². The lowest BCUT2D eigenvalue weighted by Gasteiger charge is -2.32. The van der Waals surface area contributed by atoms with Crippen LogP contribution in [0.5, 0.6) is 0 Å². The molecule has 3 aromatic rings. The van der Waals surface area contributed by atoms with E-state index in [4.69, 9.17) is 0 Å². The van der Waals surface area contributed by atoms with Crippen LogP contribution in [0.4, 0.5) is 5.69 Å². The van der Waals surface area contributed by atoms with Gasteiger partial charge in [0.2, 0.25) is 5.56 Å². The number of fused-ring (bicyclic) bond motifs is 1. The molecular weight excluding hydrogens is 424 g/mol. The van der Waals surface area contributed by atoms with Gasteiger partial charge in [0.05, 0.1) is 16.8 Å². The van der Waals surface area contributed by atoms with Gasteiger partial charge in [0.1, 0.15) is 0 Å². The van der Waals surface area contributed by atoms with E-state index < -0.39 is 0 Å². The molecule has 0 saturated heterocycles. The first-order chi connectivity index (χ1) is 14.9. The van der Waals surface area contributed by atoms with Gasteiger partial charge < -0.3 is 15.2 Å². The Labute approximate surface area is 194 Å². The van der Waals surface area contributed by atoms with Crippen LogP contribution in [0, 0.1) is 5.92 Å². The van der Waals surface area contributed by atoms with Crippen LogP contribution >= 0.6 is 12.4 Å². The highest BCUT2D eigenvalue weighted by atomic mass is 35.5. The maximum atomic E-state index is 12.4. The summed E-state index contributed by atoms with van der Waals surface area (Å²) in [5.41, 5.74) is 4.12. The fourth-order valence-corrected chi connectivity index (χ4v) is 4.59. The van der Waals surface area contributed by atoms with Crippen LogP contribution in [0.15, 0.2) is 47.5 Å². The maximum Gasteiger partial charge on any atom is 0.247 e. The van der Waals surface area contributed by atoms with Crippen LogP contribution in [-0.2, 0) is 0 Å². The third kappa shape index (κ3) is 5.37. The molecule has 32 heavy (non-hydrogen) atoms. The van der Waals surface area contributed by atoms with E-state index in [1.807, 2.05) is 12.1 Å².